The molecule has 0 radical (unpaired) electrons. The summed E-state index contributed by atoms with van der Waals surface area (Å²) in [5.74, 6) is 2.27. The third kappa shape index (κ3) is 3.91. The summed E-state index contributed by atoms with van der Waals surface area (Å²) < 4.78 is 31.6. The van der Waals surface area contributed by atoms with Crippen LogP contribution < -0.4 is 4.74 Å². The van der Waals surface area contributed by atoms with Gasteiger partial charge in [-0.05, 0) is 49.8 Å². The summed E-state index contributed by atoms with van der Waals surface area (Å²) in [5.41, 5.74) is 1.20. The van der Waals surface area contributed by atoms with Crippen molar-refractivity contribution in [2.75, 3.05) is 31.1 Å². The molecule has 0 saturated carbocycles. The Morgan fingerprint density at radius 3 is 2.54 bits per heavy atom. The highest BCUT2D eigenvalue weighted by atomic mass is 32.2. The molecule has 6 heteroatoms. The Hall–Kier alpha value is -1.53. The van der Waals surface area contributed by atoms with Gasteiger partial charge in [0.2, 0.25) is 0 Å². The van der Waals surface area contributed by atoms with Crippen LogP contribution in [0, 0.1) is 5.92 Å². The SMILES string of the molecule is Cn1ccc2c(OC3CCN(CC4CCS(=O)(=O)CC4)CC3)cccc21. The molecule has 0 N–H and O–H groups in total. The molecule has 2 fully saturated rings. The van der Waals surface area contributed by atoms with Gasteiger partial charge in [-0.2, -0.15) is 0 Å². The molecule has 0 spiro atoms. The summed E-state index contributed by atoms with van der Waals surface area (Å²) in [4.78, 5) is 2.49. The highest BCUT2D eigenvalue weighted by Gasteiger charge is 2.27. The van der Waals surface area contributed by atoms with Crippen molar-refractivity contribution in [3.63, 3.8) is 0 Å². The van der Waals surface area contributed by atoms with Gasteiger partial charge in [-0.15, -0.1) is 0 Å². The predicted octanol–water partition coefficient (Wildman–Crippen LogP) is 2.85. The molecule has 1 aromatic carbocycles. The van der Waals surface area contributed by atoms with Crippen LogP contribution in [0.3, 0.4) is 0 Å². The maximum absolute atomic E-state index is 11.6. The summed E-state index contributed by atoms with van der Waals surface area (Å²) >= 11 is 0. The van der Waals surface area contributed by atoms with Crippen molar-refractivity contribution in [1.29, 1.82) is 0 Å². The molecule has 5 nitrogen and oxygen atoms in total. The number of aryl methyl sites for hydroxylation is 1. The van der Waals surface area contributed by atoms with Crippen LogP contribution in [0.2, 0.25) is 0 Å². The van der Waals surface area contributed by atoms with Gasteiger partial charge in [0.15, 0.2) is 0 Å². The van der Waals surface area contributed by atoms with Crippen LogP contribution in [0.25, 0.3) is 10.9 Å². The van der Waals surface area contributed by atoms with E-state index in [0.717, 1.165) is 51.1 Å². The highest BCUT2D eigenvalue weighted by Crippen LogP contribution is 2.29. The van der Waals surface area contributed by atoms with Crippen LogP contribution in [-0.4, -0.2) is 55.1 Å². The van der Waals surface area contributed by atoms with Crippen LogP contribution in [0.1, 0.15) is 25.7 Å². The maximum atomic E-state index is 11.6. The molecule has 2 aliphatic heterocycles. The third-order valence-electron chi connectivity index (χ3n) is 5.91. The highest BCUT2D eigenvalue weighted by molar-refractivity contribution is 7.91. The topological polar surface area (TPSA) is 51.5 Å². The van der Waals surface area contributed by atoms with Gasteiger partial charge in [0.1, 0.15) is 21.7 Å². The average Bonchev–Trinajstić information content (AvgIpc) is 3.01. The van der Waals surface area contributed by atoms with Crippen molar-refractivity contribution in [3.05, 3.63) is 30.5 Å². The zero-order valence-corrected chi connectivity index (χ0v) is 16.2. The molecular weight excluding hydrogens is 348 g/mol. The number of likely N-dealkylation sites (tertiary alicyclic amines) is 1. The molecule has 0 aliphatic carbocycles. The van der Waals surface area contributed by atoms with Crippen molar-refractivity contribution >= 4 is 20.7 Å². The van der Waals surface area contributed by atoms with E-state index in [4.69, 9.17) is 4.74 Å². The number of aromatic nitrogens is 1. The fourth-order valence-corrected chi connectivity index (χ4v) is 5.84. The van der Waals surface area contributed by atoms with Gasteiger partial charge in [0.25, 0.3) is 0 Å². The van der Waals surface area contributed by atoms with Crippen molar-refractivity contribution in [2.24, 2.45) is 13.0 Å². The Balaban J connectivity index is 1.30. The fraction of sp³-hybridized carbons (Fsp3) is 0.600. The summed E-state index contributed by atoms with van der Waals surface area (Å²) in [7, 11) is -0.700. The number of piperidine rings is 1. The van der Waals surface area contributed by atoms with E-state index in [1.54, 1.807) is 0 Å². The van der Waals surface area contributed by atoms with Gasteiger partial charge in [-0.25, -0.2) is 8.42 Å². The van der Waals surface area contributed by atoms with E-state index in [0.29, 0.717) is 17.4 Å². The van der Waals surface area contributed by atoms with E-state index in [-0.39, 0.29) is 6.10 Å². The molecule has 2 aliphatic rings. The molecule has 1 aromatic heterocycles. The molecule has 0 atom stereocenters. The average molecular weight is 377 g/mol. The van der Waals surface area contributed by atoms with Gasteiger partial charge >= 0.3 is 0 Å². The lowest BCUT2D eigenvalue weighted by Crippen LogP contribution is -2.42. The minimum Gasteiger partial charge on any atom is -0.490 e. The first kappa shape index (κ1) is 17.9. The number of benzene rings is 1. The summed E-state index contributed by atoms with van der Waals surface area (Å²) in [6.45, 7) is 3.12. The van der Waals surface area contributed by atoms with Crippen molar-refractivity contribution in [3.8, 4) is 5.75 Å². The van der Waals surface area contributed by atoms with Crippen LogP contribution in [0.4, 0.5) is 0 Å². The molecule has 26 heavy (non-hydrogen) atoms. The van der Waals surface area contributed by atoms with Crippen LogP contribution in [0.5, 0.6) is 5.75 Å². The molecule has 2 saturated heterocycles. The Kier molecular flexibility index (Phi) is 4.97. The number of rotatable bonds is 4. The summed E-state index contributed by atoms with van der Waals surface area (Å²) in [5, 5.41) is 1.18. The number of hydrogen-bond donors (Lipinski definition) is 0. The molecule has 142 valence electrons. The van der Waals surface area contributed by atoms with E-state index in [1.807, 2.05) is 0 Å². The lowest BCUT2D eigenvalue weighted by molar-refractivity contribution is 0.0910. The fourth-order valence-electron chi connectivity index (χ4n) is 4.25. The molecule has 0 unspecified atom stereocenters. The van der Waals surface area contributed by atoms with Crippen LogP contribution in [-0.2, 0) is 16.9 Å². The zero-order valence-electron chi connectivity index (χ0n) is 15.4. The largest absolute Gasteiger partial charge is 0.490 e. The lowest BCUT2D eigenvalue weighted by atomic mass is 10.00. The monoisotopic (exact) mass is 376 g/mol. The number of hydrogen-bond acceptors (Lipinski definition) is 4. The van der Waals surface area contributed by atoms with Gasteiger partial charge in [0.05, 0.1) is 17.0 Å². The smallest absolute Gasteiger partial charge is 0.150 e. The quantitative estimate of drug-likeness (QED) is 0.823. The van der Waals surface area contributed by atoms with E-state index in [1.165, 1.54) is 10.9 Å². The molecule has 4 rings (SSSR count). The third-order valence-corrected chi connectivity index (χ3v) is 7.62. The summed E-state index contributed by atoms with van der Waals surface area (Å²) in [6, 6.07) is 8.37. The van der Waals surface area contributed by atoms with Crippen LogP contribution >= 0.6 is 0 Å². The first-order chi connectivity index (χ1) is 12.5. The number of sulfone groups is 1. The van der Waals surface area contributed by atoms with Crippen LogP contribution in [0.15, 0.2) is 30.5 Å². The minimum atomic E-state index is -2.76. The van der Waals surface area contributed by atoms with Gasteiger partial charge in [-0.1, -0.05) is 6.07 Å². The van der Waals surface area contributed by atoms with Gasteiger partial charge in [-0.3, -0.25) is 0 Å². The van der Waals surface area contributed by atoms with Crippen molar-refractivity contribution in [1.82, 2.24) is 9.47 Å². The molecule has 3 heterocycles. The van der Waals surface area contributed by atoms with Gasteiger partial charge < -0.3 is 14.2 Å². The zero-order chi connectivity index (χ0) is 18.1. The number of nitrogens with zero attached hydrogens (tertiary/aromatic N) is 2. The standard InChI is InChI=1S/C20H28N2O3S/c1-21-10-7-18-19(21)3-2-4-20(18)25-17-5-11-22(12-6-17)15-16-8-13-26(23,24)14-9-16/h2-4,7,10,16-17H,5-6,8-9,11-15H2,1H3. The molecule has 0 amide bonds. The van der Waals surface area contributed by atoms with Gasteiger partial charge in [0, 0.05) is 38.3 Å². The Labute approximate surface area is 155 Å². The van der Waals surface area contributed by atoms with E-state index in [9.17, 15) is 8.42 Å². The molecule has 2 aromatic rings. The first-order valence-electron chi connectivity index (χ1n) is 9.64. The van der Waals surface area contributed by atoms with E-state index < -0.39 is 9.84 Å². The Bertz CT molecular complexity index is 852. The van der Waals surface area contributed by atoms with Crippen molar-refractivity contribution in [2.45, 2.75) is 31.8 Å². The minimum absolute atomic E-state index is 0.267. The second kappa shape index (κ2) is 7.24. The second-order valence-corrected chi connectivity index (χ2v) is 10.1. The maximum Gasteiger partial charge on any atom is 0.150 e. The lowest BCUT2D eigenvalue weighted by Gasteiger charge is -2.35. The van der Waals surface area contributed by atoms with Crippen molar-refractivity contribution < 1.29 is 13.2 Å². The predicted molar refractivity (Wildman–Crippen MR) is 104 cm³/mol. The van der Waals surface area contributed by atoms with E-state index in [2.05, 4.69) is 47.0 Å². The number of ether oxygens (including phenoxy) is 1. The Morgan fingerprint density at radius 2 is 1.81 bits per heavy atom. The Morgan fingerprint density at radius 1 is 1.08 bits per heavy atom. The normalized spacial score (nSPS) is 22.7. The van der Waals surface area contributed by atoms with E-state index >= 15 is 0 Å². The number of fused-ring (bicyclic) bond motifs is 1. The molecular formula is C20H28N2O3S. The second-order valence-electron chi connectivity index (χ2n) is 7.83. The molecule has 0 bridgehead atoms. The first-order valence-corrected chi connectivity index (χ1v) is 11.5. The summed E-state index contributed by atoms with van der Waals surface area (Å²) in [6.07, 6.45) is 6.07.